The molecule has 96 valence electrons. The monoisotopic (exact) mass is 248 g/mol. The van der Waals surface area contributed by atoms with Crippen LogP contribution in [0, 0.1) is 0 Å². The Labute approximate surface area is 98.0 Å². The Balaban J connectivity index is 2.49. The third kappa shape index (κ3) is 5.06. The summed E-state index contributed by atoms with van der Waals surface area (Å²) >= 11 is 0. The number of halogens is 3. The van der Waals surface area contributed by atoms with Crippen molar-refractivity contribution in [2.45, 2.75) is 12.9 Å². The Morgan fingerprint density at radius 1 is 1.35 bits per heavy atom. The first kappa shape index (κ1) is 13.8. The summed E-state index contributed by atoms with van der Waals surface area (Å²) < 4.78 is 39.0. The molecule has 0 heterocycles. The smallest absolute Gasteiger partial charge is 0.372 e. The maximum Gasteiger partial charge on any atom is 0.522 e. The Bertz CT molecular complexity index is 355. The molecule has 0 spiro atoms. The number of likely N-dealkylation sites (N-methyl/N-ethyl adjacent to an activating group) is 1. The van der Waals surface area contributed by atoms with Gasteiger partial charge in [-0.15, -0.1) is 13.2 Å². The summed E-state index contributed by atoms with van der Waals surface area (Å²) in [4.78, 5) is 1.69. The number of nitrogens with zero attached hydrogens (tertiary/aromatic N) is 1. The fourth-order valence-corrected chi connectivity index (χ4v) is 1.35. The lowest BCUT2D eigenvalue weighted by Gasteiger charge is -2.20. The topological polar surface area (TPSA) is 38.5 Å². The van der Waals surface area contributed by atoms with E-state index in [1.165, 1.54) is 0 Å². The van der Waals surface area contributed by atoms with Crippen molar-refractivity contribution in [1.82, 2.24) is 0 Å². The van der Waals surface area contributed by atoms with Crippen LogP contribution in [-0.4, -0.2) is 26.6 Å². The highest BCUT2D eigenvalue weighted by atomic mass is 19.4. The summed E-state index contributed by atoms with van der Waals surface area (Å²) in [7, 11) is 1.70. The lowest BCUT2D eigenvalue weighted by atomic mass is 10.2. The maximum atomic E-state index is 11.8. The minimum absolute atomic E-state index is 0.160. The highest BCUT2D eigenvalue weighted by molar-refractivity contribution is 5.47. The van der Waals surface area contributed by atoms with Gasteiger partial charge in [0.1, 0.15) is 0 Å². The molecule has 0 radical (unpaired) electrons. The van der Waals surface area contributed by atoms with E-state index in [0.717, 1.165) is 11.3 Å². The van der Waals surface area contributed by atoms with E-state index in [0.29, 0.717) is 6.54 Å². The van der Waals surface area contributed by atoms with Crippen LogP contribution in [0.15, 0.2) is 24.3 Å². The molecule has 1 aromatic carbocycles. The third-order valence-corrected chi connectivity index (χ3v) is 2.28. The second-order valence-electron chi connectivity index (χ2n) is 3.59. The predicted octanol–water partition coefficient (Wildman–Crippen LogP) is 2.12. The van der Waals surface area contributed by atoms with Crippen molar-refractivity contribution in [3.05, 3.63) is 29.8 Å². The molecule has 0 unspecified atom stereocenters. The molecule has 2 N–H and O–H groups in total. The fourth-order valence-electron chi connectivity index (χ4n) is 1.35. The van der Waals surface area contributed by atoms with Gasteiger partial charge in [-0.3, -0.25) is 4.74 Å². The molecule has 1 rings (SSSR count). The van der Waals surface area contributed by atoms with E-state index in [1.807, 2.05) is 24.3 Å². The highest BCUT2D eigenvalue weighted by Crippen LogP contribution is 2.17. The van der Waals surface area contributed by atoms with E-state index in [-0.39, 0.29) is 6.54 Å². The lowest BCUT2D eigenvalue weighted by molar-refractivity contribution is -0.323. The number of alkyl halides is 3. The van der Waals surface area contributed by atoms with Gasteiger partial charge in [-0.25, -0.2) is 0 Å². The molecule has 0 bridgehead atoms. The predicted molar refractivity (Wildman–Crippen MR) is 59.6 cm³/mol. The van der Waals surface area contributed by atoms with Crippen LogP contribution in [0.3, 0.4) is 0 Å². The first-order chi connectivity index (χ1) is 7.92. The van der Waals surface area contributed by atoms with Crippen LogP contribution in [0.25, 0.3) is 0 Å². The van der Waals surface area contributed by atoms with E-state index in [4.69, 9.17) is 5.73 Å². The fraction of sp³-hybridized carbons (Fsp3) is 0.455. The van der Waals surface area contributed by atoms with Crippen molar-refractivity contribution in [3.63, 3.8) is 0 Å². The number of hydrogen-bond donors (Lipinski definition) is 1. The van der Waals surface area contributed by atoms with Crippen molar-refractivity contribution in [2.75, 3.05) is 25.1 Å². The van der Waals surface area contributed by atoms with E-state index in [2.05, 4.69) is 4.74 Å². The summed E-state index contributed by atoms with van der Waals surface area (Å²) in [5, 5.41) is 0. The second-order valence-corrected chi connectivity index (χ2v) is 3.59. The molecule has 6 heteroatoms. The van der Waals surface area contributed by atoms with Gasteiger partial charge in [0, 0.05) is 25.8 Å². The molecule has 0 saturated heterocycles. The molecule has 0 amide bonds. The number of nitrogens with two attached hydrogens (primary N) is 1. The van der Waals surface area contributed by atoms with Crippen LogP contribution in [0.1, 0.15) is 5.56 Å². The molecule has 0 atom stereocenters. The minimum atomic E-state index is -4.57. The summed E-state index contributed by atoms with van der Waals surface area (Å²) in [5.41, 5.74) is 7.24. The van der Waals surface area contributed by atoms with Gasteiger partial charge in [0.15, 0.2) is 0 Å². The van der Waals surface area contributed by atoms with Crippen LogP contribution < -0.4 is 10.6 Å². The van der Waals surface area contributed by atoms with Gasteiger partial charge < -0.3 is 10.6 Å². The Morgan fingerprint density at radius 3 is 2.65 bits per heavy atom. The molecule has 0 aliphatic carbocycles. The van der Waals surface area contributed by atoms with Gasteiger partial charge >= 0.3 is 6.36 Å². The zero-order valence-corrected chi connectivity index (χ0v) is 9.50. The first-order valence-electron chi connectivity index (χ1n) is 5.13. The average molecular weight is 248 g/mol. The summed E-state index contributed by atoms with van der Waals surface area (Å²) in [5.74, 6) is 0. The van der Waals surface area contributed by atoms with Crippen LogP contribution in [0.4, 0.5) is 18.9 Å². The van der Waals surface area contributed by atoms with Gasteiger partial charge in [-0.1, -0.05) is 12.1 Å². The summed E-state index contributed by atoms with van der Waals surface area (Å²) in [6.45, 7) is 0.168. The van der Waals surface area contributed by atoms with Crippen LogP contribution >= 0.6 is 0 Å². The van der Waals surface area contributed by atoms with Crippen molar-refractivity contribution >= 4 is 5.69 Å². The largest absolute Gasteiger partial charge is 0.522 e. The minimum Gasteiger partial charge on any atom is -0.372 e. The van der Waals surface area contributed by atoms with Crippen molar-refractivity contribution in [2.24, 2.45) is 5.73 Å². The van der Waals surface area contributed by atoms with Crippen LogP contribution in [0.5, 0.6) is 0 Å². The number of benzene rings is 1. The normalized spacial score (nSPS) is 11.6. The molecular formula is C11H15F3N2O. The molecule has 0 aliphatic rings. The number of ether oxygens (including phenoxy) is 1. The molecular weight excluding hydrogens is 233 g/mol. The second kappa shape index (κ2) is 5.88. The Hall–Kier alpha value is -1.27. The SMILES string of the molecule is CN(CCOC(F)(F)F)c1cccc(CN)c1. The van der Waals surface area contributed by atoms with Crippen molar-refractivity contribution < 1.29 is 17.9 Å². The highest BCUT2D eigenvalue weighted by Gasteiger charge is 2.28. The molecule has 1 aromatic rings. The molecule has 0 fully saturated rings. The van der Waals surface area contributed by atoms with Gasteiger partial charge in [-0.2, -0.15) is 0 Å². The van der Waals surface area contributed by atoms with Crippen LogP contribution in [0.2, 0.25) is 0 Å². The van der Waals surface area contributed by atoms with Gasteiger partial charge in [0.05, 0.1) is 6.61 Å². The zero-order valence-electron chi connectivity index (χ0n) is 9.50. The number of anilines is 1. The summed E-state index contributed by atoms with van der Waals surface area (Å²) in [6, 6.07) is 7.34. The molecule has 0 aromatic heterocycles. The van der Waals surface area contributed by atoms with Crippen LogP contribution in [-0.2, 0) is 11.3 Å². The van der Waals surface area contributed by atoms with Gasteiger partial charge in [0.25, 0.3) is 0 Å². The zero-order chi connectivity index (χ0) is 12.9. The average Bonchev–Trinajstić information content (AvgIpc) is 2.27. The first-order valence-corrected chi connectivity index (χ1v) is 5.13. The Kier molecular flexibility index (Phi) is 4.77. The maximum absolute atomic E-state index is 11.8. The van der Waals surface area contributed by atoms with E-state index in [1.54, 1.807) is 11.9 Å². The molecule has 0 saturated carbocycles. The molecule has 0 aliphatic heterocycles. The quantitative estimate of drug-likeness (QED) is 0.867. The van der Waals surface area contributed by atoms with Crippen molar-refractivity contribution in [3.8, 4) is 0 Å². The Morgan fingerprint density at radius 2 is 2.06 bits per heavy atom. The van der Waals surface area contributed by atoms with Gasteiger partial charge in [0.2, 0.25) is 0 Å². The van der Waals surface area contributed by atoms with Crippen molar-refractivity contribution in [1.29, 1.82) is 0 Å². The molecule has 17 heavy (non-hydrogen) atoms. The third-order valence-electron chi connectivity index (χ3n) is 2.28. The standard InChI is InChI=1S/C11H15F3N2O/c1-16(5-6-17-11(12,13)14)10-4-2-3-9(7-10)8-15/h2-4,7H,5-6,8,15H2,1H3. The van der Waals surface area contributed by atoms with Gasteiger partial charge in [-0.05, 0) is 17.7 Å². The molecule has 3 nitrogen and oxygen atoms in total. The van der Waals surface area contributed by atoms with E-state index in [9.17, 15) is 13.2 Å². The lowest BCUT2D eigenvalue weighted by Crippen LogP contribution is -2.26. The van der Waals surface area contributed by atoms with E-state index >= 15 is 0 Å². The number of rotatable bonds is 5. The van der Waals surface area contributed by atoms with E-state index < -0.39 is 13.0 Å². The summed E-state index contributed by atoms with van der Waals surface area (Å²) in [6.07, 6.45) is -4.57. The number of hydrogen-bond acceptors (Lipinski definition) is 3.